The molecular weight excluding hydrogens is 647 g/mol. The Morgan fingerprint density at radius 3 is 1.78 bits per heavy atom. The van der Waals surface area contributed by atoms with E-state index in [0.29, 0.717) is 23.6 Å². The van der Waals surface area contributed by atoms with E-state index in [1.165, 1.54) is 30.5 Å². The fourth-order valence-corrected chi connectivity index (χ4v) is 3.85. The highest BCUT2D eigenvalue weighted by atomic mass is 35.5. The van der Waals surface area contributed by atoms with Crippen LogP contribution in [-0.2, 0) is 28.6 Å². The standard InChI is InChI=1S/C19H30N2.C8H6ClF3.C7H13NO.C4H8O.C2H6/c1-7-9-16-10-11-17(13-18(16)12-14(3)4)19(20-6)21-15(5)8-2;1-5-2-3-6(4-7(5)9)8(10,11)12;1-4-5(2)7(8)6(3)9;1-3-4(2)5;1-2/h10-11,13-14H,7-9,12H2,1-6H3;2-4H,1H3;4,8H2,1-3H3;3H2,1-2H3;1-2H3/b;;7-5-;;. The van der Waals surface area contributed by atoms with Crippen LogP contribution >= 0.6 is 11.6 Å². The predicted molar refractivity (Wildman–Crippen MR) is 206 cm³/mol. The molecule has 0 aliphatic heterocycles. The fourth-order valence-electron chi connectivity index (χ4n) is 3.67. The van der Waals surface area contributed by atoms with Crippen molar-refractivity contribution >= 4 is 34.7 Å². The van der Waals surface area contributed by atoms with E-state index in [2.05, 4.69) is 62.8 Å². The van der Waals surface area contributed by atoms with Gasteiger partial charge < -0.3 is 10.5 Å². The lowest BCUT2D eigenvalue weighted by molar-refractivity contribution is -0.137. The number of Topliss-reactive ketones (excluding diaryl/α,β-unsaturated/α-hetero) is 2. The van der Waals surface area contributed by atoms with E-state index in [1.807, 2.05) is 41.7 Å². The monoisotopic (exact) mass is 709 g/mol. The van der Waals surface area contributed by atoms with Crippen molar-refractivity contribution in [1.29, 1.82) is 0 Å². The molecule has 0 amide bonds. The van der Waals surface area contributed by atoms with Crippen LogP contribution in [0.1, 0.15) is 137 Å². The van der Waals surface area contributed by atoms with Crippen LogP contribution in [0.2, 0.25) is 5.02 Å². The molecule has 0 spiro atoms. The second-order valence-electron chi connectivity index (χ2n) is 11.7. The fraction of sp³-hybridized carbons (Fsp3) is 0.550. The number of nitrogens with zero attached hydrogens (tertiary/aromatic N) is 2. The Morgan fingerprint density at radius 2 is 1.43 bits per heavy atom. The number of carbonyl (C=O) groups excluding carboxylic acids is 2. The van der Waals surface area contributed by atoms with Gasteiger partial charge in [0.2, 0.25) is 0 Å². The van der Waals surface area contributed by atoms with Crippen molar-refractivity contribution in [2.75, 3.05) is 7.05 Å². The first-order valence-electron chi connectivity index (χ1n) is 17.2. The highest BCUT2D eigenvalue weighted by Gasteiger charge is 2.30. The molecule has 2 rings (SSSR count). The van der Waals surface area contributed by atoms with Crippen LogP contribution in [0.15, 0.2) is 57.7 Å². The first-order chi connectivity index (χ1) is 22.8. The van der Waals surface area contributed by atoms with E-state index in [9.17, 15) is 22.8 Å². The topological polar surface area (TPSA) is 84.9 Å². The van der Waals surface area contributed by atoms with Crippen LogP contribution in [0.3, 0.4) is 0 Å². The van der Waals surface area contributed by atoms with Gasteiger partial charge in [-0.3, -0.25) is 9.79 Å². The van der Waals surface area contributed by atoms with Crippen molar-refractivity contribution in [2.24, 2.45) is 21.6 Å². The largest absolute Gasteiger partial charge is 0.416 e. The SMILES string of the molecule is CC.CC/C(C)=C(\N)C(C)=O.CCC(C)=O.CCCc1ccc(C(N=C(C)CC)=NC)cc1CC(C)C.Cc1ccc(C(F)(F)F)cc1Cl. The zero-order chi connectivity index (χ0) is 38.9. The van der Waals surface area contributed by atoms with Crippen LogP contribution in [0.4, 0.5) is 13.2 Å². The van der Waals surface area contributed by atoms with Gasteiger partial charge in [0, 0.05) is 36.7 Å². The maximum Gasteiger partial charge on any atom is 0.416 e. The number of carbonyl (C=O) groups is 2. The number of aryl methyl sites for hydroxylation is 2. The molecular formula is C40H63ClF3N3O2. The summed E-state index contributed by atoms with van der Waals surface area (Å²) in [6.45, 7) is 25.4. The maximum atomic E-state index is 12.0. The van der Waals surface area contributed by atoms with E-state index < -0.39 is 11.7 Å². The third kappa shape index (κ3) is 22.9. The Balaban J connectivity index is -0.000000638. The average Bonchev–Trinajstić information content (AvgIpc) is 3.05. The zero-order valence-electron chi connectivity index (χ0n) is 32.6. The second-order valence-corrected chi connectivity index (χ2v) is 12.1. The Bertz CT molecular complexity index is 1360. The van der Waals surface area contributed by atoms with Crippen LogP contribution in [0, 0.1) is 12.8 Å². The van der Waals surface area contributed by atoms with Gasteiger partial charge in [-0.1, -0.05) is 91.6 Å². The minimum absolute atomic E-state index is 0.0330. The number of halogens is 4. The highest BCUT2D eigenvalue weighted by molar-refractivity contribution is 6.31. The third-order valence-electron chi connectivity index (χ3n) is 7.00. The Hall–Kier alpha value is -3.26. The lowest BCUT2D eigenvalue weighted by Crippen LogP contribution is -2.09. The van der Waals surface area contributed by atoms with Gasteiger partial charge in [-0.2, -0.15) is 13.2 Å². The molecule has 0 aliphatic rings. The van der Waals surface area contributed by atoms with Crippen molar-refractivity contribution in [2.45, 2.75) is 135 Å². The maximum absolute atomic E-state index is 12.0. The number of ketones is 2. The van der Waals surface area contributed by atoms with Gasteiger partial charge >= 0.3 is 6.18 Å². The van der Waals surface area contributed by atoms with Crippen LogP contribution in [0.5, 0.6) is 0 Å². The normalized spacial score (nSPS) is 11.7. The van der Waals surface area contributed by atoms with E-state index in [-0.39, 0.29) is 16.6 Å². The summed E-state index contributed by atoms with van der Waals surface area (Å²) in [5.74, 6) is 1.74. The molecule has 5 nitrogen and oxygen atoms in total. The smallest absolute Gasteiger partial charge is 0.396 e. The van der Waals surface area contributed by atoms with Gasteiger partial charge in [-0.15, -0.1) is 0 Å². The molecule has 49 heavy (non-hydrogen) atoms. The van der Waals surface area contributed by atoms with Crippen molar-refractivity contribution in [3.05, 3.63) is 80.5 Å². The molecule has 2 N–H and O–H groups in total. The Kier molecular flexibility index (Phi) is 28.2. The van der Waals surface area contributed by atoms with Gasteiger partial charge in [0.15, 0.2) is 11.6 Å². The number of benzene rings is 2. The summed E-state index contributed by atoms with van der Waals surface area (Å²) in [7, 11) is 1.82. The predicted octanol–water partition coefficient (Wildman–Crippen LogP) is 12.0. The second kappa shape index (κ2) is 27.5. The van der Waals surface area contributed by atoms with Gasteiger partial charge in [-0.05, 0) is 99.8 Å². The number of rotatable bonds is 9. The molecule has 2 aromatic carbocycles. The van der Waals surface area contributed by atoms with Crippen molar-refractivity contribution in [1.82, 2.24) is 0 Å². The highest BCUT2D eigenvalue weighted by Crippen LogP contribution is 2.31. The number of hydrogen-bond donors (Lipinski definition) is 1. The van der Waals surface area contributed by atoms with Crippen LogP contribution in [-0.4, -0.2) is 30.2 Å². The molecule has 0 unspecified atom stereocenters. The summed E-state index contributed by atoms with van der Waals surface area (Å²) in [5, 5.41) is 0.143. The molecule has 9 heteroatoms. The Labute approximate surface area is 300 Å². The summed E-state index contributed by atoms with van der Waals surface area (Å²) < 4.78 is 36.1. The number of aliphatic imine (C=N–C) groups is 2. The summed E-state index contributed by atoms with van der Waals surface area (Å²) in [6.07, 6.45) is 1.63. The molecule has 0 saturated heterocycles. The lowest BCUT2D eigenvalue weighted by Gasteiger charge is -2.13. The zero-order valence-corrected chi connectivity index (χ0v) is 33.3. The van der Waals surface area contributed by atoms with E-state index in [0.717, 1.165) is 60.5 Å². The number of nitrogens with two attached hydrogens (primary N) is 1. The van der Waals surface area contributed by atoms with Crippen LogP contribution < -0.4 is 5.73 Å². The molecule has 0 aromatic heterocycles. The van der Waals surface area contributed by atoms with Crippen LogP contribution in [0.25, 0.3) is 0 Å². The average molecular weight is 710 g/mol. The number of alkyl halides is 3. The first-order valence-corrected chi connectivity index (χ1v) is 17.6. The van der Waals surface area contributed by atoms with E-state index >= 15 is 0 Å². The summed E-state index contributed by atoms with van der Waals surface area (Å²) in [4.78, 5) is 29.4. The molecule has 0 fully saturated rings. The number of allylic oxidation sites excluding steroid dienone is 2. The minimum atomic E-state index is -4.31. The number of amidine groups is 1. The van der Waals surface area contributed by atoms with Gasteiger partial charge in [0.05, 0.1) is 11.3 Å². The van der Waals surface area contributed by atoms with Crippen molar-refractivity contribution < 1.29 is 22.8 Å². The molecule has 2 aromatic rings. The molecule has 0 bridgehead atoms. The number of hydrogen-bond acceptors (Lipinski definition) is 4. The summed E-state index contributed by atoms with van der Waals surface area (Å²) >= 11 is 5.52. The molecule has 278 valence electrons. The molecule has 0 radical (unpaired) electrons. The minimum Gasteiger partial charge on any atom is -0.396 e. The lowest BCUT2D eigenvalue weighted by atomic mass is 9.93. The molecule has 0 atom stereocenters. The summed E-state index contributed by atoms with van der Waals surface area (Å²) in [5.41, 5.74) is 11.9. The molecule has 0 aliphatic carbocycles. The van der Waals surface area contributed by atoms with E-state index in [4.69, 9.17) is 17.3 Å². The Morgan fingerprint density at radius 1 is 0.878 bits per heavy atom. The molecule has 0 heterocycles. The van der Waals surface area contributed by atoms with E-state index in [1.54, 1.807) is 13.8 Å². The van der Waals surface area contributed by atoms with Crippen molar-refractivity contribution in [3.8, 4) is 0 Å². The third-order valence-corrected chi connectivity index (χ3v) is 7.41. The molecule has 0 saturated carbocycles. The van der Waals surface area contributed by atoms with Gasteiger partial charge in [0.25, 0.3) is 0 Å². The quantitative estimate of drug-likeness (QED) is 0.160. The summed E-state index contributed by atoms with van der Waals surface area (Å²) in [6, 6.07) is 10.0. The van der Waals surface area contributed by atoms with Gasteiger partial charge in [-0.25, -0.2) is 4.99 Å². The first kappa shape index (κ1) is 50.1. The van der Waals surface area contributed by atoms with Gasteiger partial charge in [0.1, 0.15) is 5.78 Å². The van der Waals surface area contributed by atoms with Crippen molar-refractivity contribution in [3.63, 3.8) is 0 Å².